The number of nitrogens with zero attached hydrogens (tertiary/aromatic N) is 1. The van der Waals surface area contributed by atoms with E-state index in [-0.39, 0.29) is 5.91 Å². The lowest BCUT2D eigenvalue weighted by atomic mass is 10.1. The van der Waals surface area contributed by atoms with Crippen LogP contribution in [0.2, 0.25) is 0 Å². The Kier molecular flexibility index (Phi) is 1.90. The summed E-state index contributed by atoms with van der Waals surface area (Å²) in [6.07, 6.45) is 8.57. The molecule has 1 aliphatic heterocycles. The fourth-order valence-corrected chi connectivity index (χ4v) is 1.31. The Morgan fingerprint density at radius 2 is 2.27 bits per heavy atom. The Balaban J connectivity index is 2.76. The van der Waals surface area contributed by atoms with E-state index < -0.39 is 5.54 Å². The number of likely N-dealkylation sites (tertiary alicyclic amines) is 1. The molecule has 1 rings (SSSR count). The lowest BCUT2D eigenvalue weighted by molar-refractivity contribution is -0.130. The van der Waals surface area contributed by atoms with Crippen LogP contribution in [0, 0.1) is 12.3 Å². The molecule has 1 heterocycles. The molecule has 2 nitrogen and oxygen atoms in total. The maximum absolute atomic E-state index is 11.2. The minimum absolute atomic E-state index is 0.148. The van der Waals surface area contributed by atoms with E-state index >= 15 is 0 Å². The first kappa shape index (κ1) is 8.13. The van der Waals surface area contributed by atoms with Crippen LogP contribution in [0.5, 0.6) is 0 Å². The molecule has 0 aromatic heterocycles. The minimum atomic E-state index is -0.506. The molecule has 1 aliphatic rings. The standard InChI is InChI=1S/C9H12NO/c1-4-9(2,3)10-7-5-6-8(10)11/h5-7H2,2-3H3. The molecule has 1 saturated heterocycles. The molecule has 0 aliphatic carbocycles. The van der Waals surface area contributed by atoms with Crippen LogP contribution in [-0.2, 0) is 4.79 Å². The van der Waals surface area contributed by atoms with E-state index in [2.05, 4.69) is 5.92 Å². The van der Waals surface area contributed by atoms with Crippen LogP contribution in [0.4, 0.5) is 0 Å². The van der Waals surface area contributed by atoms with Gasteiger partial charge in [-0.05, 0) is 26.7 Å². The summed E-state index contributed by atoms with van der Waals surface area (Å²) in [7, 11) is 0. The van der Waals surface area contributed by atoms with Crippen LogP contribution < -0.4 is 0 Å². The van der Waals surface area contributed by atoms with Gasteiger partial charge in [-0.25, -0.2) is 0 Å². The van der Waals surface area contributed by atoms with E-state index in [1.165, 1.54) is 0 Å². The zero-order valence-corrected chi connectivity index (χ0v) is 6.98. The van der Waals surface area contributed by atoms with Crippen molar-refractivity contribution in [2.24, 2.45) is 0 Å². The Labute approximate surface area is 67.6 Å². The van der Waals surface area contributed by atoms with Gasteiger partial charge >= 0.3 is 0 Å². The van der Waals surface area contributed by atoms with Crippen molar-refractivity contribution < 1.29 is 4.79 Å². The summed E-state index contributed by atoms with van der Waals surface area (Å²) in [6, 6.07) is 0. The highest BCUT2D eigenvalue weighted by Crippen LogP contribution is 2.20. The summed E-state index contributed by atoms with van der Waals surface area (Å²) < 4.78 is 0. The van der Waals surface area contributed by atoms with Gasteiger partial charge in [0.1, 0.15) is 0 Å². The van der Waals surface area contributed by atoms with Gasteiger partial charge in [-0.1, -0.05) is 5.92 Å². The molecule has 0 aromatic carbocycles. The van der Waals surface area contributed by atoms with Crippen molar-refractivity contribution in [3.05, 3.63) is 6.42 Å². The summed E-state index contributed by atoms with van der Waals surface area (Å²) in [6.45, 7) is 4.45. The summed E-state index contributed by atoms with van der Waals surface area (Å²) in [5.41, 5.74) is -0.506. The second-order valence-corrected chi connectivity index (χ2v) is 3.33. The summed E-state index contributed by atoms with van der Waals surface area (Å²) >= 11 is 0. The van der Waals surface area contributed by atoms with E-state index in [0.717, 1.165) is 13.0 Å². The first-order valence-electron chi connectivity index (χ1n) is 3.82. The van der Waals surface area contributed by atoms with Crippen molar-refractivity contribution in [2.75, 3.05) is 6.54 Å². The van der Waals surface area contributed by atoms with Crippen molar-refractivity contribution in [3.8, 4) is 5.92 Å². The van der Waals surface area contributed by atoms with Crippen LogP contribution in [0.15, 0.2) is 0 Å². The zero-order valence-electron chi connectivity index (χ0n) is 6.98. The van der Waals surface area contributed by atoms with E-state index in [1.54, 1.807) is 4.90 Å². The molecule has 0 N–H and O–H groups in total. The third-order valence-electron chi connectivity index (χ3n) is 2.05. The fourth-order valence-electron chi connectivity index (χ4n) is 1.31. The number of hydrogen-bond donors (Lipinski definition) is 0. The minimum Gasteiger partial charge on any atom is -0.327 e. The Morgan fingerprint density at radius 3 is 2.64 bits per heavy atom. The molecule has 0 spiro atoms. The molecule has 11 heavy (non-hydrogen) atoms. The number of rotatable bonds is 1. The third-order valence-corrected chi connectivity index (χ3v) is 2.05. The van der Waals surface area contributed by atoms with E-state index in [4.69, 9.17) is 6.42 Å². The smallest absolute Gasteiger partial charge is 0.223 e. The Hall–Kier alpha value is -0.970. The first-order valence-corrected chi connectivity index (χ1v) is 3.82. The normalized spacial score (nSPS) is 18.6. The molecule has 0 aromatic rings. The molecule has 0 atom stereocenters. The lowest BCUT2D eigenvalue weighted by Gasteiger charge is -2.30. The molecule has 2 heteroatoms. The van der Waals surface area contributed by atoms with E-state index in [9.17, 15) is 4.79 Å². The van der Waals surface area contributed by atoms with Crippen molar-refractivity contribution in [3.63, 3.8) is 0 Å². The number of carbonyl (C=O) groups is 1. The summed E-state index contributed by atoms with van der Waals surface area (Å²) in [5.74, 6) is 2.52. The summed E-state index contributed by atoms with van der Waals surface area (Å²) in [4.78, 5) is 12.9. The predicted octanol–water partition coefficient (Wildman–Crippen LogP) is 0.977. The SMILES string of the molecule is [C]#CC(C)(C)N1CCCC1=O. The topological polar surface area (TPSA) is 20.3 Å². The Bertz CT molecular complexity index is 212. The molecule has 59 valence electrons. The van der Waals surface area contributed by atoms with Crippen molar-refractivity contribution >= 4 is 5.91 Å². The van der Waals surface area contributed by atoms with Gasteiger partial charge < -0.3 is 4.90 Å². The van der Waals surface area contributed by atoms with Crippen LogP contribution in [-0.4, -0.2) is 22.9 Å². The van der Waals surface area contributed by atoms with Gasteiger partial charge in [-0.3, -0.25) is 4.79 Å². The second kappa shape index (κ2) is 2.58. The van der Waals surface area contributed by atoms with Gasteiger partial charge in [0.15, 0.2) is 0 Å². The zero-order chi connectivity index (χ0) is 8.48. The predicted molar refractivity (Wildman–Crippen MR) is 42.2 cm³/mol. The maximum Gasteiger partial charge on any atom is 0.223 e. The van der Waals surface area contributed by atoms with Gasteiger partial charge in [0.25, 0.3) is 0 Å². The number of amides is 1. The van der Waals surface area contributed by atoms with Crippen molar-refractivity contribution in [1.29, 1.82) is 0 Å². The highest BCUT2D eigenvalue weighted by Gasteiger charge is 2.32. The highest BCUT2D eigenvalue weighted by molar-refractivity contribution is 5.79. The highest BCUT2D eigenvalue weighted by atomic mass is 16.2. The molecule has 1 amide bonds. The average Bonchev–Trinajstić information content (AvgIpc) is 2.36. The summed E-state index contributed by atoms with van der Waals surface area (Å²) in [5, 5.41) is 0. The molecular weight excluding hydrogens is 138 g/mol. The monoisotopic (exact) mass is 150 g/mol. The molecular formula is C9H12NO. The molecule has 0 unspecified atom stereocenters. The Morgan fingerprint density at radius 1 is 1.64 bits per heavy atom. The number of carbonyl (C=O) groups excluding carboxylic acids is 1. The van der Waals surface area contributed by atoms with E-state index in [0.29, 0.717) is 6.42 Å². The molecule has 1 fully saturated rings. The third kappa shape index (κ3) is 1.37. The average molecular weight is 150 g/mol. The quantitative estimate of drug-likeness (QED) is 0.510. The molecule has 0 saturated carbocycles. The maximum atomic E-state index is 11.2. The van der Waals surface area contributed by atoms with Crippen LogP contribution in [0.25, 0.3) is 0 Å². The van der Waals surface area contributed by atoms with Crippen LogP contribution >= 0.6 is 0 Å². The van der Waals surface area contributed by atoms with Crippen molar-refractivity contribution in [2.45, 2.75) is 32.2 Å². The van der Waals surface area contributed by atoms with Crippen molar-refractivity contribution in [1.82, 2.24) is 4.90 Å². The number of hydrogen-bond acceptors (Lipinski definition) is 1. The van der Waals surface area contributed by atoms with Gasteiger partial charge in [0, 0.05) is 13.0 Å². The second-order valence-electron chi connectivity index (χ2n) is 3.33. The van der Waals surface area contributed by atoms with Gasteiger partial charge in [0.2, 0.25) is 5.91 Å². The van der Waals surface area contributed by atoms with Gasteiger partial charge in [0.05, 0.1) is 5.54 Å². The largest absolute Gasteiger partial charge is 0.327 e. The molecule has 0 bridgehead atoms. The van der Waals surface area contributed by atoms with Crippen LogP contribution in [0.3, 0.4) is 0 Å². The van der Waals surface area contributed by atoms with E-state index in [1.807, 2.05) is 13.8 Å². The first-order chi connectivity index (χ1) is 5.08. The van der Waals surface area contributed by atoms with Crippen LogP contribution in [0.1, 0.15) is 26.7 Å². The fraction of sp³-hybridized carbons (Fsp3) is 0.667. The van der Waals surface area contributed by atoms with Gasteiger partial charge in [-0.2, -0.15) is 0 Å². The van der Waals surface area contributed by atoms with Gasteiger partial charge in [-0.15, -0.1) is 0 Å². The lowest BCUT2D eigenvalue weighted by Crippen LogP contribution is -2.43. The molecule has 1 radical (unpaired) electrons.